The van der Waals surface area contributed by atoms with Gasteiger partial charge in [-0.1, -0.05) is 23.0 Å². The van der Waals surface area contributed by atoms with Crippen LogP contribution in [0.15, 0.2) is 36.7 Å². The first kappa shape index (κ1) is 8.36. The van der Waals surface area contributed by atoms with E-state index in [9.17, 15) is 4.79 Å². The van der Waals surface area contributed by atoms with Gasteiger partial charge in [0.25, 0.3) is 0 Å². The van der Waals surface area contributed by atoms with E-state index in [1.165, 1.54) is 6.33 Å². The van der Waals surface area contributed by atoms with Crippen molar-refractivity contribution in [3.8, 4) is 0 Å². The molecule has 2 aromatic rings. The molecule has 0 saturated carbocycles. The summed E-state index contributed by atoms with van der Waals surface area (Å²) >= 11 is 0. The Morgan fingerprint density at radius 3 is 2.71 bits per heavy atom. The average Bonchev–Trinajstić information content (AvgIpc) is 2.72. The van der Waals surface area contributed by atoms with Crippen molar-refractivity contribution in [1.29, 1.82) is 0 Å². The summed E-state index contributed by atoms with van der Waals surface area (Å²) in [5, 5.41) is 13.1. The maximum atomic E-state index is 11.4. The number of nitrogens with one attached hydrogen (secondary N) is 1. The van der Waals surface area contributed by atoms with Gasteiger partial charge in [0, 0.05) is 5.69 Å². The van der Waals surface area contributed by atoms with Crippen molar-refractivity contribution in [1.82, 2.24) is 20.2 Å². The van der Waals surface area contributed by atoms with Crippen LogP contribution in [0, 0.1) is 0 Å². The lowest BCUT2D eigenvalue weighted by atomic mass is 10.3. The van der Waals surface area contributed by atoms with Crippen molar-refractivity contribution in [2.24, 2.45) is 0 Å². The minimum atomic E-state index is -0.436. The number of rotatable bonds is 1. The van der Waals surface area contributed by atoms with Crippen molar-refractivity contribution >= 4 is 11.7 Å². The molecule has 0 atom stereocenters. The molecule has 0 aliphatic carbocycles. The molecular formula is C8H7N5O. The Labute approximate surface area is 79.5 Å². The summed E-state index contributed by atoms with van der Waals surface area (Å²) < 4.78 is 0. The Kier molecular flexibility index (Phi) is 2.18. The molecule has 0 spiro atoms. The lowest BCUT2D eigenvalue weighted by molar-refractivity contribution is 0.247. The monoisotopic (exact) mass is 189 g/mol. The topological polar surface area (TPSA) is 72.7 Å². The first-order valence-electron chi connectivity index (χ1n) is 3.95. The molecule has 0 radical (unpaired) electrons. The van der Waals surface area contributed by atoms with Crippen molar-refractivity contribution in [2.75, 3.05) is 5.32 Å². The fourth-order valence-corrected chi connectivity index (χ4v) is 0.955. The van der Waals surface area contributed by atoms with Crippen molar-refractivity contribution < 1.29 is 4.79 Å². The second-order valence-corrected chi connectivity index (χ2v) is 2.52. The van der Waals surface area contributed by atoms with E-state index < -0.39 is 6.03 Å². The molecule has 0 aliphatic rings. The van der Waals surface area contributed by atoms with Crippen LogP contribution in [0.2, 0.25) is 0 Å². The second-order valence-electron chi connectivity index (χ2n) is 2.52. The van der Waals surface area contributed by atoms with E-state index in [0.717, 1.165) is 4.80 Å². The Morgan fingerprint density at radius 1 is 1.29 bits per heavy atom. The van der Waals surface area contributed by atoms with Gasteiger partial charge in [-0.05, 0) is 17.3 Å². The molecule has 1 N–H and O–H groups in total. The fraction of sp³-hybridized carbons (Fsp3) is 0. The van der Waals surface area contributed by atoms with Crippen LogP contribution >= 0.6 is 0 Å². The number of hydrogen-bond donors (Lipinski definition) is 1. The number of benzene rings is 1. The number of amides is 1. The van der Waals surface area contributed by atoms with Gasteiger partial charge in [-0.15, -0.1) is 10.2 Å². The molecule has 0 saturated heterocycles. The molecule has 6 heteroatoms. The molecule has 1 heterocycles. The van der Waals surface area contributed by atoms with Crippen LogP contribution in [-0.2, 0) is 0 Å². The van der Waals surface area contributed by atoms with Gasteiger partial charge in [-0.25, -0.2) is 4.79 Å². The van der Waals surface area contributed by atoms with Gasteiger partial charge in [0.15, 0.2) is 6.33 Å². The molecule has 6 nitrogen and oxygen atoms in total. The zero-order valence-corrected chi connectivity index (χ0v) is 7.16. The van der Waals surface area contributed by atoms with Crippen LogP contribution in [0.4, 0.5) is 10.5 Å². The van der Waals surface area contributed by atoms with E-state index in [-0.39, 0.29) is 0 Å². The van der Waals surface area contributed by atoms with Crippen LogP contribution in [0.1, 0.15) is 0 Å². The van der Waals surface area contributed by atoms with Crippen LogP contribution in [0.3, 0.4) is 0 Å². The van der Waals surface area contributed by atoms with Crippen LogP contribution in [0.25, 0.3) is 0 Å². The summed E-state index contributed by atoms with van der Waals surface area (Å²) in [6.07, 6.45) is 1.20. The number of aromatic nitrogens is 4. The number of hydrogen-bond acceptors (Lipinski definition) is 4. The van der Waals surface area contributed by atoms with Crippen molar-refractivity contribution in [3.05, 3.63) is 36.7 Å². The zero-order valence-electron chi connectivity index (χ0n) is 7.16. The number of carbonyl (C=O) groups excluding carboxylic acids is 1. The largest absolute Gasteiger partial charge is 0.365 e. The lowest BCUT2D eigenvalue weighted by Crippen LogP contribution is -2.21. The molecule has 14 heavy (non-hydrogen) atoms. The summed E-state index contributed by atoms with van der Waals surface area (Å²) in [6.45, 7) is 0. The minimum absolute atomic E-state index is 0.436. The maximum Gasteiger partial charge on any atom is 0.365 e. The summed E-state index contributed by atoms with van der Waals surface area (Å²) in [5.74, 6) is 0. The highest BCUT2D eigenvalue weighted by Crippen LogP contribution is 2.04. The Morgan fingerprint density at radius 2 is 2.07 bits per heavy atom. The molecule has 0 bridgehead atoms. The highest BCUT2D eigenvalue weighted by molar-refractivity contribution is 5.89. The lowest BCUT2D eigenvalue weighted by Gasteiger charge is -2.01. The quantitative estimate of drug-likeness (QED) is 0.718. The van der Waals surface area contributed by atoms with Crippen molar-refractivity contribution in [2.45, 2.75) is 0 Å². The number of anilines is 1. The normalized spacial score (nSPS) is 9.71. The van der Waals surface area contributed by atoms with Gasteiger partial charge in [0.05, 0.1) is 0 Å². The van der Waals surface area contributed by atoms with Gasteiger partial charge in [0.1, 0.15) is 0 Å². The molecule has 0 unspecified atom stereocenters. The van der Waals surface area contributed by atoms with E-state index in [0.29, 0.717) is 5.69 Å². The van der Waals surface area contributed by atoms with Crippen molar-refractivity contribution in [3.63, 3.8) is 0 Å². The molecule has 1 aromatic carbocycles. The van der Waals surface area contributed by atoms with Crippen LogP contribution in [0.5, 0.6) is 0 Å². The predicted molar refractivity (Wildman–Crippen MR) is 48.7 cm³/mol. The predicted octanol–water partition coefficient (Wildman–Crippen LogP) is 0.753. The molecule has 1 aromatic heterocycles. The summed E-state index contributed by atoms with van der Waals surface area (Å²) in [6, 6.07) is 8.62. The third-order valence-corrected chi connectivity index (χ3v) is 1.56. The summed E-state index contributed by atoms with van der Waals surface area (Å²) in [7, 11) is 0. The van der Waals surface area contributed by atoms with E-state index in [4.69, 9.17) is 0 Å². The van der Waals surface area contributed by atoms with E-state index in [1.807, 2.05) is 18.2 Å². The van der Waals surface area contributed by atoms with E-state index in [2.05, 4.69) is 20.7 Å². The van der Waals surface area contributed by atoms with Gasteiger partial charge < -0.3 is 5.32 Å². The summed E-state index contributed by atoms with van der Waals surface area (Å²) in [4.78, 5) is 12.2. The maximum absolute atomic E-state index is 11.4. The van der Waals surface area contributed by atoms with E-state index in [1.54, 1.807) is 12.1 Å². The highest BCUT2D eigenvalue weighted by Gasteiger charge is 2.05. The van der Waals surface area contributed by atoms with E-state index >= 15 is 0 Å². The molecular weight excluding hydrogens is 182 g/mol. The van der Waals surface area contributed by atoms with Gasteiger partial charge in [0.2, 0.25) is 0 Å². The third kappa shape index (κ3) is 1.74. The third-order valence-electron chi connectivity index (χ3n) is 1.56. The molecule has 1 amide bonds. The molecule has 0 aliphatic heterocycles. The number of para-hydroxylation sites is 1. The first-order chi connectivity index (χ1) is 6.86. The Balaban J connectivity index is 2.10. The van der Waals surface area contributed by atoms with Gasteiger partial charge in [-0.2, -0.15) is 0 Å². The first-order valence-corrected chi connectivity index (χ1v) is 3.95. The Bertz CT molecular complexity index is 411. The minimum Gasteiger partial charge on any atom is -0.305 e. The number of tetrazole rings is 1. The van der Waals surface area contributed by atoms with Crippen LogP contribution in [-0.4, -0.2) is 26.2 Å². The van der Waals surface area contributed by atoms with Crippen LogP contribution < -0.4 is 5.32 Å². The van der Waals surface area contributed by atoms with Gasteiger partial charge in [-0.3, -0.25) is 0 Å². The molecule has 2 rings (SSSR count). The smallest absolute Gasteiger partial charge is 0.305 e. The van der Waals surface area contributed by atoms with Gasteiger partial charge >= 0.3 is 6.03 Å². The Hall–Kier alpha value is -2.24. The fourth-order valence-electron chi connectivity index (χ4n) is 0.955. The second kappa shape index (κ2) is 3.65. The molecule has 70 valence electrons. The standard InChI is InChI=1S/C8H7N5O/c14-8(13-10-6-9-12-13)11-7-4-2-1-3-5-7/h1-6H,(H,11,14). The zero-order chi connectivity index (χ0) is 9.80. The average molecular weight is 189 g/mol. The SMILES string of the molecule is O=C(Nc1ccccc1)n1ncnn1. The number of carbonyl (C=O) groups is 1. The number of nitrogens with zero attached hydrogens (tertiary/aromatic N) is 4. The summed E-state index contributed by atoms with van der Waals surface area (Å²) in [5.41, 5.74) is 0.690. The highest BCUT2D eigenvalue weighted by atomic mass is 16.2. The molecule has 0 fully saturated rings.